The minimum atomic E-state index is -0.171. The van der Waals surface area contributed by atoms with Crippen molar-refractivity contribution in [2.75, 3.05) is 0 Å². The van der Waals surface area contributed by atoms with E-state index in [-0.39, 0.29) is 5.41 Å². The van der Waals surface area contributed by atoms with E-state index in [0.717, 1.165) is 25.0 Å². The zero-order valence-corrected chi connectivity index (χ0v) is 9.20. The minimum absolute atomic E-state index is 0.171. The fraction of sp³-hybridized carbons (Fsp3) is 0.615. The molecule has 0 N–H and O–H groups in total. The Kier molecular flexibility index (Phi) is 2.81. The molecule has 15 heavy (non-hydrogen) atoms. The van der Waals surface area contributed by atoms with E-state index in [2.05, 4.69) is 13.0 Å². The van der Waals surface area contributed by atoms with Crippen molar-refractivity contribution in [3.05, 3.63) is 24.2 Å². The van der Waals surface area contributed by atoms with E-state index in [9.17, 15) is 5.26 Å². The third-order valence-corrected chi connectivity index (χ3v) is 3.42. The van der Waals surface area contributed by atoms with E-state index in [1.807, 2.05) is 12.1 Å². The summed E-state index contributed by atoms with van der Waals surface area (Å²) in [4.78, 5) is 0. The Morgan fingerprint density at radius 1 is 1.67 bits per heavy atom. The van der Waals surface area contributed by atoms with Crippen LogP contribution < -0.4 is 0 Å². The first-order chi connectivity index (χ1) is 7.24. The van der Waals surface area contributed by atoms with E-state index in [1.54, 1.807) is 6.26 Å². The Hall–Kier alpha value is -1.23. The van der Waals surface area contributed by atoms with Gasteiger partial charge in [-0.05, 0) is 30.9 Å². The van der Waals surface area contributed by atoms with Gasteiger partial charge in [0.25, 0.3) is 0 Å². The molecular weight excluding hydrogens is 186 g/mol. The van der Waals surface area contributed by atoms with Crippen LogP contribution in [0.3, 0.4) is 0 Å². The van der Waals surface area contributed by atoms with Crippen molar-refractivity contribution in [2.24, 2.45) is 11.3 Å². The summed E-state index contributed by atoms with van der Waals surface area (Å²) in [7, 11) is 0. The summed E-state index contributed by atoms with van der Waals surface area (Å²) in [6, 6.07) is 6.39. The van der Waals surface area contributed by atoms with Gasteiger partial charge in [0.1, 0.15) is 5.76 Å². The first kappa shape index (κ1) is 10.3. The monoisotopic (exact) mass is 203 g/mol. The van der Waals surface area contributed by atoms with Crippen molar-refractivity contribution >= 4 is 0 Å². The number of nitriles is 1. The second kappa shape index (κ2) is 4.10. The van der Waals surface area contributed by atoms with Crippen molar-refractivity contribution in [1.82, 2.24) is 0 Å². The topological polar surface area (TPSA) is 36.9 Å². The highest BCUT2D eigenvalue weighted by Gasteiger charge is 2.35. The van der Waals surface area contributed by atoms with Crippen molar-refractivity contribution < 1.29 is 4.42 Å². The lowest BCUT2D eigenvalue weighted by Crippen LogP contribution is -2.28. The van der Waals surface area contributed by atoms with Gasteiger partial charge in [0.15, 0.2) is 0 Å². The summed E-state index contributed by atoms with van der Waals surface area (Å²) < 4.78 is 5.35. The highest BCUT2D eigenvalue weighted by atomic mass is 16.3. The average Bonchev–Trinajstić information content (AvgIpc) is 2.70. The largest absolute Gasteiger partial charge is 0.469 e. The zero-order chi connectivity index (χ0) is 10.7. The lowest BCUT2D eigenvalue weighted by Gasteiger charge is -2.33. The normalized spacial score (nSPS) is 31.1. The molecule has 2 heteroatoms. The van der Waals surface area contributed by atoms with Crippen LogP contribution in [0, 0.1) is 22.7 Å². The lowest BCUT2D eigenvalue weighted by atomic mass is 9.69. The summed E-state index contributed by atoms with van der Waals surface area (Å²) in [5.41, 5.74) is -0.171. The first-order valence-corrected chi connectivity index (χ1v) is 5.68. The van der Waals surface area contributed by atoms with Gasteiger partial charge in [-0.25, -0.2) is 0 Å². The number of rotatable bonds is 2. The molecule has 2 rings (SSSR count). The molecule has 1 aromatic rings. The maximum absolute atomic E-state index is 9.37. The molecule has 0 saturated heterocycles. The minimum Gasteiger partial charge on any atom is -0.469 e. The van der Waals surface area contributed by atoms with Crippen LogP contribution in [0.5, 0.6) is 0 Å². The van der Waals surface area contributed by atoms with Gasteiger partial charge in [0.05, 0.1) is 17.7 Å². The van der Waals surface area contributed by atoms with Crippen molar-refractivity contribution in [3.8, 4) is 6.07 Å². The van der Waals surface area contributed by atoms with E-state index in [0.29, 0.717) is 5.92 Å². The molecule has 0 spiro atoms. The smallest absolute Gasteiger partial charge is 0.105 e. The van der Waals surface area contributed by atoms with Crippen LogP contribution in [0.2, 0.25) is 0 Å². The number of nitrogens with zero attached hydrogens (tertiary/aromatic N) is 1. The van der Waals surface area contributed by atoms with Crippen molar-refractivity contribution in [1.29, 1.82) is 5.26 Å². The van der Waals surface area contributed by atoms with Crippen LogP contribution in [0.15, 0.2) is 22.8 Å². The van der Waals surface area contributed by atoms with Crippen LogP contribution in [0.1, 0.15) is 38.4 Å². The number of hydrogen-bond acceptors (Lipinski definition) is 2. The predicted octanol–water partition coefficient (Wildman–Crippen LogP) is 3.54. The zero-order valence-electron chi connectivity index (χ0n) is 9.20. The molecule has 0 aliphatic heterocycles. The Labute approximate surface area is 90.9 Å². The molecule has 0 bridgehead atoms. The lowest BCUT2D eigenvalue weighted by molar-refractivity contribution is 0.199. The predicted molar refractivity (Wildman–Crippen MR) is 58.1 cm³/mol. The van der Waals surface area contributed by atoms with Crippen LogP contribution >= 0.6 is 0 Å². The molecule has 2 atom stereocenters. The number of hydrogen-bond donors (Lipinski definition) is 0. The first-order valence-electron chi connectivity index (χ1n) is 5.68. The van der Waals surface area contributed by atoms with Crippen LogP contribution in [-0.2, 0) is 6.42 Å². The SMILES string of the molecule is CC1CCCC(C#N)(Cc2ccco2)C1. The molecule has 2 unspecified atom stereocenters. The van der Waals surface area contributed by atoms with Gasteiger partial charge < -0.3 is 4.42 Å². The van der Waals surface area contributed by atoms with Gasteiger partial charge in [-0.15, -0.1) is 0 Å². The second-order valence-corrected chi connectivity index (χ2v) is 4.85. The molecule has 1 saturated carbocycles. The van der Waals surface area contributed by atoms with Gasteiger partial charge in [-0.2, -0.15) is 5.26 Å². The van der Waals surface area contributed by atoms with Crippen LogP contribution in [0.4, 0.5) is 0 Å². The van der Waals surface area contributed by atoms with E-state index >= 15 is 0 Å². The Morgan fingerprint density at radius 3 is 3.13 bits per heavy atom. The maximum atomic E-state index is 9.37. The molecule has 1 aromatic heterocycles. The average molecular weight is 203 g/mol. The molecule has 0 radical (unpaired) electrons. The second-order valence-electron chi connectivity index (χ2n) is 4.85. The van der Waals surface area contributed by atoms with Crippen molar-refractivity contribution in [3.63, 3.8) is 0 Å². The van der Waals surface area contributed by atoms with Crippen LogP contribution in [0.25, 0.3) is 0 Å². The molecule has 1 aliphatic rings. The van der Waals surface area contributed by atoms with E-state index in [1.165, 1.54) is 12.8 Å². The summed E-state index contributed by atoms with van der Waals surface area (Å²) in [6.07, 6.45) is 6.95. The Balaban J connectivity index is 2.12. The van der Waals surface area contributed by atoms with Crippen LogP contribution in [-0.4, -0.2) is 0 Å². The number of furan rings is 1. The quantitative estimate of drug-likeness (QED) is 0.737. The Morgan fingerprint density at radius 2 is 2.53 bits per heavy atom. The molecule has 0 amide bonds. The third kappa shape index (κ3) is 2.23. The standard InChI is InChI=1S/C13H17NO/c1-11-4-2-6-13(8-11,10-14)9-12-5-3-7-15-12/h3,5,7,11H,2,4,6,8-9H2,1H3. The van der Waals surface area contributed by atoms with Gasteiger partial charge in [0, 0.05) is 6.42 Å². The third-order valence-electron chi connectivity index (χ3n) is 3.42. The van der Waals surface area contributed by atoms with Gasteiger partial charge in [-0.1, -0.05) is 19.8 Å². The summed E-state index contributed by atoms with van der Waals surface area (Å²) in [5.74, 6) is 1.62. The summed E-state index contributed by atoms with van der Waals surface area (Å²) >= 11 is 0. The van der Waals surface area contributed by atoms with E-state index in [4.69, 9.17) is 4.42 Å². The fourth-order valence-electron chi connectivity index (χ4n) is 2.71. The fourth-order valence-corrected chi connectivity index (χ4v) is 2.71. The van der Waals surface area contributed by atoms with Gasteiger partial charge in [-0.3, -0.25) is 0 Å². The van der Waals surface area contributed by atoms with Gasteiger partial charge in [0.2, 0.25) is 0 Å². The molecule has 80 valence electrons. The van der Waals surface area contributed by atoms with E-state index < -0.39 is 0 Å². The highest BCUT2D eigenvalue weighted by molar-refractivity contribution is 5.10. The molecule has 2 nitrogen and oxygen atoms in total. The van der Waals surface area contributed by atoms with Crippen molar-refractivity contribution in [2.45, 2.75) is 39.0 Å². The molecule has 1 fully saturated rings. The maximum Gasteiger partial charge on any atom is 0.105 e. The summed E-state index contributed by atoms with van der Waals surface area (Å²) in [6.45, 7) is 2.24. The molecular formula is C13H17NO. The summed E-state index contributed by atoms with van der Waals surface area (Å²) in [5, 5.41) is 9.37. The Bertz CT molecular complexity index is 349. The highest BCUT2D eigenvalue weighted by Crippen LogP contribution is 2.41. The molecule has 0 aromatic carbocycles. The molecule has 1 heterocycles. The van der Waals surface area contributed by atoms with Gasteiger partial charge >= 0.3 is 0 Å². The molecule has 1 aliphatic carbocycles.